The zero-order chi connectivity index (χ0) is 13.6. The van der Waals surface area contributed by atoms with Gasteiger partial charge in [0.25, 0.3) is 0 Å². The van der Waals surface area contributed by atoms with Crippen molar-refractivity contribution in [2.24, 2.45) is 17.3 Å². The number of rotatable bonds is 4. The average Bonchev–Trinajstić information content (AvgIpc) is 2.90. The Labute approximate surface area is 113 Å². The monoisotopic (exact) mass is 253 g/mol. The van der Waals surface area contributed by atoms with Crippen LogP contribution in [0.1, 0.15) is 60.3 Å². The van der Waals surface area contributed by atoms with Crippen LogP contribution in [-0.4, -0.2) is 34.7 Å². The van der Waals surface area contributed by atoms with Crippen LogP contribution < -0.4 is 0 Å². The molecule has 1 aliphatic carbocycles. The topological polar surface area (TPSA) is 23.5 Å². The third-order valence-corrected chi connectivity index (χ3v) is 5.73. The molecule has 1 saturated carbocycles. The van der Waals surface area contributed by atoms with Gasteiger partial charge in [-0.2, -0.15) is 0 Å². The summed E-state index contributed by atoms with van der Waals surface area (Å²) in [5, 5.41) is 10.1. The molecule has 2 nitrogen and oxygen atoms in total. The number of hydrogen-bond donors (Lipinski definition) is 1. The lowest BCUT2D eigenvalue weighted by Gasteiger charge is -2.36. The molecule has 18 heavy (non-hydrogen) atoms. The molecule has 0 aromatic rings. The summed E-state index contributed by atoms with van der Waals surface area (Å²) in [5.41, 5.74) is 0.146. The maximum Gasteiger partial charge on any atom is 0.0617 e. The van der Waals surface area contributed by atoms with Gasteiger partial charge in [0.15, 0.2) is 0 Å². The summed E-state index contributed by atoms with van der Waals surface area (Å²) in [6, 6.07) is 0.704. The Morgan fingerprint density at radius 1 is 1.22 bits per heavy atom. The van der Waals surface area contributed by atoms with E-state index in [4.69, 9.17) is 0 Å². The molecule has 0 bridgehead atoms. The minimum absolute atomic E-state index is 0.421. The minimum Gasteiger partial charge on any atom is -0.390 e. The van der Waals surface area contributed by atoms with E-state index in [0.29, 0.717) is 17.4 Å². The van der Waals surface area contributed by atoms with Gasteiger partial charge in [-0.1, -0.05) is 6.92 Å². The van der Waals surface area contributed by atoms with Crippen molar-refractivity contribution in [1.29, 1.82) is 0 Å². The molecule has 106 valence electrons. The van der Waals surface area contributed by atoms with Crippen LogP contribution in [0.3, 0.4) is 0 Å². The number of hydrogen-bond acceptors (Lipinski definition) is 2. The molecule has 2 atom stereocenters. The van der Waals surface area contributed by atoms with Crippen LogP contribution in [-0.2, 0) is 0 Å². The minimum atomic E-state index is -0.511. The molecule has 2 heteroatoms. The second-order valence-corrected chi connectivity index (χ2v) is 7.68. The number of piperidine rings is 1. The summed E-state index contributed by atoms with van der Waals surface area (Å²) in [5.74, 6) is 1.30. The summed E-state index contributed by atoms with van der Waals surface area (Å²) in [6.45, 7) is 13.3. The predicted octanol–water partition coefficient (Wildman–Crippen LogP) is 3.29. The van der Waals surface area contributed by atoms with Gasteiger partial charge in [0, 0.05) is 6.04 Å². The van der Waals surface area contributed by atoms with Gasteiger partial charge < -0.3 is 10.0 Å². The van der Waals surface area contributed by atoms with E-state index in [-0.39, 0.29) is 0 Å². The molecule has 2 unspecified atom stereocenters. The van der Waals surface area contributed by atoms with Crippen LogP contribution in [0.2, 0.25) is 0 Å². The molecule has 1 aliphatic heterocycles. The van der Waals surface area contributed by atoms with E-state index in [0.717, 1.165) is 5.92 Å². The second-order valence-electron chi connectivity index (χ2n) is 7.68. The average molecular weight is 253 g/mol. The van der Waals surface area contributed by atoms with Gasteiger partial charge >= 0.3 is 0 Å². The smallest absolute Gasteiger partial charge is 0.0617 e. The third-order valence-electron chi connectivity index (χ3n) is 5.73. The summed E-state index contributed by atoms with van der Waals surface area (Å²) in [4.78, 5) is 2.61. The molecule has 2 fully saturated rings. The summed E-state index contributed by atoms with van der Waals surface area (Å²) in [6.07, 6.45) is 5.40. The highest BCUT2D eigenvalue weighted by Crippen LogP contribution is 2.62. The molecular formula is C16H31NO. The SMILES string of the molecule is CC(C)N1CCC2(CC1)CC2CC(C)C(C)(C)O. The summed E-state index contributed by atoms with van der Waals surface area (Å²) >= 11 is 0. The van der Waals surface area contributed by atoms with Crippen molar-refractivity contribution in [2.45, 2.75) is 71.9 Å². The summed E-state index contributed by atoms with van der Waals surface area (Å²) < 4.78 is 0. The fraction of sp³-hybridized carbons (Fsp3) is 1.00. The summed E-state index contributed by atoms with van der Waals surface area (Å²) in [7, 11) is 0. The zero-order valence-electron chi connectivity index (χ0n) is 12.9. The fourth-order valence-electron chi connectivity index (χ4n) is 3.58. The van der Waals surface area contributed by atoms with E-state index < -0.39 is 5.60 Å². The Morgan fingerprint density at radius 2 is 1.78 bits per heavy atom. The molecule has 2 rings (SSSR count). The number of aliphatic hydroxyl groups is 1. The third kappa shape index (κ3) is 2.91. The van der Waals surface area contributed by atoms with E-state index in [1.54, 1.807) is 0 Å². The standard InChI is InChI=1S/C16H31NO/c1-12(2)17-8-6-16(7-9-17)11-14(16)10-13(3)15(4,5)18/h12-14,18H,6-11H2,1-5H3. The molecule has 0 radical (unpaired) electrons. The Hall–Kier alpha value is -0.0800. The van der Waals surface area contributed by atoms with Crippen molar-refractivity contribution in [1.82, 2.24) is 4.90 Å². The van der Waals surface area contributed by atoms with Crippen molar-refractivity contribution in [3.8, 4) is 0 Å². The second kappa shape index (κ2) is 4.79. The Bertz CT molecular complexity index is 284. The number of nitrogens with zero attached hydrogens (tertiary/aromatic N) is 1. The maximum atomic E-state index is 10.1. The largest absolute Gasteiger partial charge is 0.390 e. The van der Waals surface area contributed by atoms with Crippen molar-refractivity contribution >= 4 is 0 Å². The van der Waals surface area contributed by atoms with Crippen molar-refractivity contribution < 1.29 is 5.11 Å². The molecule has 1 N–H and O–H groups in total. The lowest BCUT2D eigenvalue weighted by Crippen LogP contribution is -2.39. The van der Waals surface area contributed by atoms with Crippen molar-refractivity contribution in [3.63, 3.8) is 0 Å². The van der Waals surface area contributed by atoms with Crippen molar-refractivity contribution in [3.05, 3.63) is 0 Å². The lowest BCUT2D eigenvalue weighted by atomic mass is 9.83. The Kier molecular flexibility index (Phi) is 3.81. The van der Waals surface area contributed by atoms with Gasteiger partial charge in [-0.25, -0.2) is 0 Å². The molecule has 0 aromatic heterocycles. The molecular weight excluding hydrogens is 222 g/mol. The van der Waals surface area contributed by atoms with Gasteiger partial charge in [-0.05, 0) is 83.7 Å². The van der Waals surface area contributed by atoms with Crippen LogP contribution in [0.4, 0.5) is 0 Å². The van der Waals surface area contributed by atoms with E-state index in [2.05, 4.69) is 25.7 Å². The van der Waals surface area contributed by atoms with E-state index in [9.17, 15) is 5.11 Å². The van der Waals surface area contributed by atoms with Gasteiger partial charge in [0.2, 0.25) is 0 Å². The first-order valence-electron chi connectivity index (χ1n) is 7.71. The zero-order valence-corrected chi connectivity index (χ0v) is 12.9. The van der Waals surface area contributed by atoms with E-state index in [1.807, 2.05) is 13.8 Å². The highest BCUT2D eigenvalue weighted by molar-refractivity contribution is 5.05. The van der Waals surface area contributed by atoms with Crippen LogP contribution in [0.5, 0.6) is 0 Å². The van der Waals surface area contributed by atoms with Crippen molar-refractivity contribution in [2.75, 3.05) is 13.1 Å². The predicted molar refractivity (Wildman–Crippen MR) is 76.6 cm³/mol. The molecule has 1 spiro atoms. The quantitative estimate of drug-likeness (QED) is 0.831. The number of likely N-dealkylation sites (tertiary alicyclic amines) is 1. The fourth-order valence-corrected chi connectivity index (χ4v) is 3.58. The maximum absolute atomic E-state index is 10.1. The van der Waals surface area contributed by atoms with Gasteiger partial charge in [-0.15, -0.1) is 0 Å². The van der Waals surface area contributed by atoms with E-state index in [1.165, 1.54) is 38.8 Å². The van der Waals surface area contributed by atoms with Gasteiger partial charge in [0.05, 0.1) is 5.60 Å². The van der Waals surface area contributed by atoms with Crippen LogP contribution in [0, 0.1) is 17.3 Å². The Balaban J connectivity index is 1.81. The first-order valence-corrected chi connectivity index (χ1v) is 7.71. The molecule has 2 aliphatic rings. The highest BCUT2D eigenvalue weighted by atomic mass is 16.3. The molecule has 1 heterocycles. The molecule has 0 aromatic carbocycles. The molecule has 1 saturated heterocycles. The van der Waals surface area contributed by atoms with Gasteiger partial charge in [-0.3, -0.25) is 0 Å². The first kappa shape index (κ1) is 14.3. The van der Waals surface area contributed by atoms with E-state index >= 15 is 0 Å². The Morgan fingerprint density at radius 3 is 2.22 bits per heavy atom. The normalized spacial score (nSPS) is 29.8. The van der Waals surface area contributed by atoms with Crippen LogP contribution in [0.15, 0.2) is 0 Å². The molecule has 0 amide bonds. The lowest BCUT2D eigenvalue weighted by molar-refractivity contribution is 0.0158. The first-order chi connectivity index (χ1) is 8.24. The van der Waals surface area contributed by atoms with Gasteiger partial charge in [0.1, 0.15) is 0 Å². The van der Waals surface area contributed by atoms with Crippen LogP contribution in [0.25, 0.3) is 0 Å². The highest BCUT2D eigenvalue weighted by Gasteiger charge is 2.55. The van der Waals surface area contributed by atoms with Crippen LogP contribution >= 0.6 is 0 Å².